The first-order valence-electron chi connectivity index (χ1n) is 4.13. The van der Waals surface area contributed by atoms with Crippen LogP contribution in [0.25, 0.3) is 0 Å². The van der Waals surface area contributed by atoms with Crippen LogP contribution < -0.4 is 0 Å². The Kier molecular flexibility index (Phi) is 1.98. The molecule has 1 aliphatic rings. The SMILES string of the molecule is C#CC(C)(C)C1(CC)COC1. The maximum atomic E-state index is 5.47. The van der Waals surface area contributed by atoms with Gasteiger partial charge in [0.25, 0.3) is 0 Å². The van der Waals surface area contributed by atoms with E-state index in [1.54, 1.807) is 0 Å². The summed E-state index contributed by atoms with van der Waals surface area (Å²) in [6, 6.07) is 0. The molecule has 1 heteroatoms. The molecule has 0 aromatic rings. The van der Waals surface area contributed by atoms with Gasteiger partial charge < -0.3 is 4.74 Å². The summed E-state index contributed by atoms with van der Waals surface area (Å²) in [4.78, 5) is 0. The summed E-state index contributed by atoms with van der Waals surface area (Å²) < 4.78 is 5.22. The Morgan fingerprint density at radius 1 is 1.55 bits per heavy atom. The van der Waals surface area contributed by atoms with Crippen molar-refractivity contribution in [2.45, 2.75) is 27.2 Å². The van der Waals surface area contributed by atoms with Gasteiger partial charge in [-0.05, 0) is 20.3 Å². The van der Waals surface area contributed by atoms with Crippen molar-refractivity contribution in [1.29, 1.82) is 0 Å². The van der Waals surface area contributed by atoms with Crippen LogP contribution in [0.3, 0.4) is 0 Å². The standard InChI is InChI=1S/C10H16O/c1-5-9(3,4)10(6-2)7-11-8-10/h1H,6-8H2,2-4H3. The van der Waals surface area contributed by atoms with Crippen LogP contribution in [0.1, 0.15) is 27.2 Å². The predicted molar refractivity (Wildman–Crippen MR) is 46.2 cm³/mol. The number of terminal acetylenes is 1. The smallest absolute Gasteiger partial charge is 0.0559 e. The zero-order valence-electron chi connectivity index (χ0n) is 7.61. The van der Waals surface area contributed by atoms with Crippen molar-refractivity contribution >= 4 is 0 Å². The quantitative estimate of drug-likeness (QED) is 0.550. The average molecular weight is 152 g/mol. The zero-order chi connectivity index (χ0) is 8.54. The summed E-state index contributed by atoms with van der Waals surface area (Å²) in [7, 11) is 0. The summed E-state index contributed by atoms with van der Waals surface area (Å²) in [5.41, 5.74) is 0.238. The van der Waals surface area contributed by atoms with E-state index in [4.69, 9.17) is 11.2 Å². The molecule has 1 fully saturated rings. The molecule has 0 aliphatic carbocycles. The fourth-order valence-electron chi connectivity index (χ4n) is 1.51. The Labute approximate surface area is 69.1 Å². The molecule has 1 heterocycles. The number of rotatable bonds is 2. The van der Waals surface area contributed by atoms with Gasteiger partial charge in [0.1, 0.15) is 0 Å². The fourth-order valence-corrected chi connectivity index (χ4v) is 1.51. The molecular formula is C10H16O. The van der Waals surface area contributed by atoms with Crippen molar-refractivity contribution in [2.24, 2.45) is 10.8 Å². The Morgan fingerprint density at radius 2 is 2.09 bits per heavy atom. The van der Waals surface area contributed by atoms with Crippen molar-refractivity contribution in [2.75, 3.05) is 13.2 Å². The summed E-state index contributed by atoms with van der Waals surface area (Å²) in [6.45, 7) is 8.10. The molecule has 0 bridgehead atoms. The van der Waals surface area contributed by atoms with Crippen LogP contribution in [0.15, 0.2) is 0 Å². The van der Waals surface area contributed by atoms with Crippen molar-refractivity contribution in [3.05, 3.63) is 0 Å². The molecule has 11 heavy (non-hydrogen) atoms. The van der Waals surface area contributed by atoms with Gasteiger partial charge >= 0.3 is 0 Å². The van der Waals surface area contributed by atoms with E-state index in [0.29, 0.717) is 0 Å². The van der Waals surface area contributed by atoms with E-state index in [1.807, 2.05) is 0 Å². The molecule has 0 N–H and O–H groups in total. The molecule has 0 aromatic carbocycles. The van der Waals surface area contributed by atoms with Crippen LogP contribution in [-0.4, -0.2) is 13.2 Å². The molecule has 1 rings (SSSR count). The van der Waals surface area contributed by atoms with E-state index in [0.717, 1.165) is 19.6 Å². The maximum absolute atomic E-state index is 5.47. The molecule has 1 aliphatic heterocycles. The molecule has 0 aromatic heterocycles. The van der Waals surface area contributed by atoms with Gasteiger partial charge in [0.05, 0.1) is 13.2 Å². The van der Waals surface area contributed by atoms with E-state index in [1.165, 1.54) is 0 Å². The van der Waals surface area contributed by atoms with Crippen LogP contribution in [-0.2, 0) is 4.74 Å². The highest BCUT2D eigenvalue weighted by atomic mass is 16.5. The Balaban J connectivity index is 2.78. The van der Waals surface area contributed by atoms with E-state index in [9.17, 15) is 0 Å². The minimum Gasteiger partial charge on any atom is -0.380 e. The maximum Gasteiger partial charge on any atom is 0.0559 e. The Hall–Kier alpha value is -0.480. The third kappa shape index (κ3) is 1.06. The van der Waals surface area contributed by atoms with Crippen molar-refractivity contribution in [3.63, 3.8) is 0 Å². The van der Waals surface area contributed by atoms with Gasteiger partial charge in [-0.25, -0.2) is 0 Å². The lowest BCUT2D eigenvalue weighted by atomic mass is 9.63. The number of hydrogen-bond donors (Lipinski definition) is 0. The molecule has 0 saturated carbocycles. The summed E-state index contributed by atoms with van der Waals surface area (Å²) >= 11 is 0. The normalized spacial score (nSPS) is 22.0. The first-order valence-corrected chi connectivity index (χ1v) is 4.13. The third-order valence-corrected chi connectivity index (χ3v) is 3.12. The lowest BCUT2D eigenvalue weighted by Crippen LogP contribution is -2.52. The van der Waals surface area contributed by atoms with E-state index < -0.39 is 0 Å². The topological polar surface area (TPSA) is 9.23 Å². The van der Waals surface area contributed by atoms with Gasteiger partial charge in [-0.3, -0.25) is 0 Å². The molecule has 0 amide bonds. The molecule has 0 unspecified atom stereocenters. The summed E-state index contributed by atoms with van der Waals surface area (Å²) in [5, 5.41) is 0. The average Bonchev–Trinajstić information content (AvgIpc) is 1.86. The van der Waals surface area contributed by atoms with E-state index in [-0.39, 0.29) is 10.8 Å². The van der Waals surface area contributed by atoms with Crippen LogP contribution in [0.4, 0.5) is 0 Å². The van der Waals surface area contributed by atoms with Gasteiger partial charge in [0.15, 0.2) is 0 Å². The Morgan fingerprint density at radius 3 is 2.18 bits per heavy atom. The molecule has 0 radical (unpaired) electrons. The zero-order valence-corrected chi connectivity index (χ0v) is 7.61. The van der Waals surface area contributed by atoms with Gasteiger partial charge in [-0.1, -0.05) is 12.8 Å². The number of ether oxygens (including phenoxy) is 1. The first kappa shape index (κ1) is 8.62. The third-order valence-electron chi connectivity index (χ3n) is 3.12. The second-order valence-corrected chi connectivity index (χ2v) is 3.90. The summed E-state index contributed by atoms with van der Waals surface area (Å²) in [5.74, 6) is 2.86. The van der Waals surface area contributed by atoms with Crippen LogP contribution in [0.5, 0.6) is 0 Å². The van der Waals surface area contributed by atoms with Gasteiger partial charge in [0, 0.05) is 10.8 Å². The Bertz CT molecular complexity index is 176. The monoisotopic (exact) mass is 152 g/mol. The highest BCUT2D eigenvalue weighted by Gasteiger charge is 2.48. The van der Waals surface area contributed by atoms with Gasteiger partial charge in [-0.15, -0.1) is 6.42 Å². The van der Waals surface area contributed by atoms with E-state index >= 15 is 0 Å². The molecule has 0 atom stereocenters. The lowest BCUT2D eigenvalue weighted by molar-refractivity contribution is -0.160. The molecule has 1 nitrogen and oxygen atoms in total. The highest BCUT2D eigenvalue weighted by Crippen LogP contribution is 2.46. The van der Waals surface area contributed by atoms with Gasteiger partial charge in [-0.2, -0.15) is 0 Å². The predicted octanol–water partition coefficient (Wildman–Crippen LogP) is 2.07. The van der Waals surface area contributed by atoms with Gasteiger partial charge in [0.2, 0.25) is 0 Å². The van der Waals surface area contributed by atoms with Crippen LogP contribution >= 0.6 is 0 Å². The summed E-state index contributed by atoms with van der Waals surface area (Å²) in [6.07, 6.45) is 6.59. The molecule has 62 valence electrons. The minimum atomic E-state index is -0.0139. The van der Waals surface area contributed by atoms with Crippen molar-refractivity contribution in [3.8, 4) is 12.3 Å². The van der Waals surface area contributed by atoms with Crippen LogP contribution in [0.2, 0.25) is 0 Å². The van der Waals surface area contributed by atoms with E-state index in [2.05, 4.69) is 26.7 Å². The van der Waals surface area contributed by atoms with Crippen molar-refractivity contribution < 1.29 is 4.74 Å². The minimum absolute atomic E-state index is 0.0139. The second-order valence-electron chi connectivity index (χ2n) is 3.90. The molecule has 1 saturated heterocycles. The largest absolute Gasteiger partial charge is 0.380 e. The molecule has 0 spiro atoms. The first-order chi connectivity index (χ1) is 5.08. The van der Waals surface area contributed by atoms with Crippen LogP contribution in [0, 0.1) is 23.2 Å². The van der Waals surface area contributed by atoms with Crippen molar-refractivity contribution in [1.82, 2.24) is 0 Å². The highest BCUT2D eigenvalue weighted by molar-refractivity contribution is 5.12. The fraction of sp³-hybridized carbons (Fsp3) is 0.800. The second kappa shape index (κ2) is 2.53. The lowest BCUT2D eigenvalue weighted by Gasteiger charge is -2.49. The molecular weight excluding hydrogens is 136 g/mol. The number of hydrogen-bond acceptors (Lipinski definition) is 1.